The lowest BCUT2D eigenvalue weighted by molar-refractivity contribution is -0.119. The Balaban J connectivity index is 0.00000385. The van der Waals surface area contributed by atoms with Gasteiger partial charge in [-0.05, 0) is 38.3 Å². The van der Waals surface area contributed by atoms with E-state index in [1.807, 2.05) is 12.1 Å². The van der Waals surface area contributed by atoms with Crippen LogP contribution in [0.4, 0.5) is 10.1 Å². The molecule has 10 heteroatoms. The van der Waals surface area contributed by atoms with Gasteiger partial charge in [-0.25, -0.2) is 4.39 Å². The van der Waals surface area contributed by atoms with Crippen LogP contribution in [0.15, 0.2) is 29.3 Å². The molecule has 2 aliphatic heterocycles. The highest BCUT2D eigenvalue weighted by molar-refractivity contribution is 14.0. The second kappa shape index (κ2) is 14.6. The minimum Gasteiger partial charge on any atom is -0.369 e. The van der Waals surface area contributed by atoms with Crippen LogP contribution >= 0.6 is 24.0 Å². The van der Waals surface area contributed by atoms with Gasteiger partial charge in [0.2, 0.25) is 5.91 Å². The predicted molar refractivity (Wildman–Crippen MR) is 143 cm³/mol. The molecule has 3 rings (SSSR count). The number of rotatable bonds is 9. The average Bonchev–Trinajstić information content (AvgIpc) is 2.78. The quantitative estimate of drug-likeness (QED) is 0.179. The molecule has 8 nitrogen and oxygen atoms in total. The maximum absolute atomic E-state index is 14.0. The molecule has 0 saturated carbocycles. The van der Waals surface area contributed by atoms with Crippen molar-refractivity contribution in [3.05, 3.63) is 30.1 Å². The van der Waals surface area contributed by atoms with Crippen LogP contribution < -0.4 is 21.3 Å². The van der Waals surface area contributed by atoms with Gasteiger partial charge in [-0.3, -0.25) is 19.6 Å². The summed E-state index contributed by atoms with van der Waals surface area (Å²) in [6, 6.07) is 7.38. The van der Waals surface area contributed by atoms with Gasteiger partial charge in [0.15, 0.2) is 5.96 Å². The number of piperidine rings is 1. The molecule has 2 aliphatic rings. The number of benzene rings is 1. The average molecular weight is 576 g/mol. The zero-order valence-corrected chi connectivity index (χ0v) is 22.0. The third-order valence-electron chi connectivity index (χ3n) is 6.12. The second-order valence-electron chi connectivity index (χ2n) is 8.56. The lowest BCUT2D eigenvalue weighted by Crippen LogP contribution is -2.50. The molecule has 0 aromatic heterocycles. The molecular weight excluding hydrogens is 536 g/mol. The zero-order chi connectivity index (χ0) is 22.8. The summed E-state index contributed by atoms with van der Waals surface area (Å²) >= 11 is 0. The van der Waals surface area contributed by atoms with E-state index in [2.05, 4.69) is 32.3 Å². The molecule has 1 aromatic carbocycles. The van der Waals surface area contributed by atoms with Gasteiger partial charge in [0.1, 0.15) is 5.82 Å². The number of nitrogens with zero attached hydrogens (tertiary/aromatic N) is 4. The molecule has 1 aromatic rings. The van der Waals surface area contributed by atoms with Gasteiger partial charge in [-0.2, -0.15) is 0 Å². The van der Waals surface area contributed by atoms with Gasteiger partial charge in [-0.15, -0.1) is 24.0 Å². The number of piperazine rings is 1. The molecule has 4 N–H and O–H groups in total. The third kappa shape index (κ3) is 9.24. The van der Waals surface area contributed by atoms with Crippen molar-refractivity contribution in [2.75, 3.05) is 70.3 Å². The number of amides is 1. The topological polar surface area (TPSA) is 89.2 Å². The van der Waals surface area contributed by atoms with Crippen molar-refractivity contribution in [3.8, 4) is 0 Å². The molecule has 2 heterocycles. The Bertz CT molecular complexity index is 750. The van der Waals surface area contributed by atoms with Crippen molar-refractivity contribution < 1.29 is 9.18 Å². The maximum atomic E-state index is 14.0. The molecule has 186 valence electrons. The van der Waals surface area contributed by atoms with E-state index in [4.69, 9.17) is 10.7 Å². The lowest BCUT2D eigenvalue weighted by atomic mass is 10.1. The standard InChI is InChI=1S/C23H38FN7O.HI/c1-2-26-23(28-19-8-12-30(13-9-19)18-22(25)32)27-10-5-11-29-14-16-31(17-15-29)21-7-4-3-6-20(21)24;/h3-4,6-7,19H,2,5,8-18H2,1H3,(H2,25,32)(H2,26,27,28);1H. The van der Waals surface area contributed by atoms with Crippen LogP contribution in [-0.2, 0) is 4.79 Å². The van der Waals surface area contributed by atoms with Crippen LogP contribution in [0.25, 0.3) is 0 Å². The van der Waals surface area contributed by atoms with E-state index in [0.29, 0.717) is 18.3 Å². The molecule has 2 fully saturated rings. The van der Waals surface area contributed by atoms with E-state index >= 15 is 0 Å². The first-order chi connectivity index (χ1) is 15.5. The molecule has 0 radical (unpaired) electrons. The number of anilines is 1. The minimum absolute atomic E-state index is 0. The number of hydrogen-bond donors (Lipinski definition) is 3. The van der Waals surface area contributed by atoms with Crippen molar-refractivity contribution in [3.63, 3.8) is 0 Å². The van der Waals surface area contributed by atoms with Gasteiger partial charge in [-0.1, -0.05) is 12.1 Å². The Hall–Kier alpha value is -1.66. The van der Waals surface area contributed by atoms with E-state index in [-0.39, 0.29) is 35.7 Å². The molecule has 0 spiro atoms. The third-order valence-corrected chi connectivity index (χ3v) is 6.12. The Morgan fingerprint density at radius 1 is 1.12 bits per heavy atom. The fourth-order valence-electron chi connectivity index (χ4n) is 4.37. The highest BCUT2D eigenvalue weighted by Gasteiger charge is 2.21. The van der Waals surface area contributed by atoms with Crippen molar-refractivity contribution in [1.82, 2.24) is 20.4 Å². The van der Waals surface area contributed by atoms with Gasteiger partial charge < -0.3 is 21.3 Å². The molecular formula is C23H39FIN7O. The summed E-state index contributed by atoms with van der Waals surface area (Å²) in [4.78, 5) is 22.5. The Labute approximate surface area is 214 Å². The number of hydrogen-bond acceptors (Lipinski definition) is 5. The monoisotopic (exact) mass is 575 g/mol. The predicted octanol–water partition coefficient (Wildman–Crippen LogP) is 1.46. The summed E-state index contributed by atoms with van der Waals surface area (Å²) in [6.45, 7) is 10.3. The maximum Gasteiger partial charge on any atom is 0.231 e. The molecule has 0 bridgehead atoms. The number of nitrogens with two attached hydrogens (primary N) is 1. The Morgan fingerprint density at radius 3 is 2.45 bits per heavy atom. The summed E-state index contributed by atoms with van der Waals surface area (Å²) in [5, 5.41) is 6.88. The minimum atomic E-state index is -0.264. The lowest BCUT2D eigenvalue weighted by Gasteiger charge is -2.36. The van der Waals surface area contributed by atoms with E-state index in [0.717, 1.165) is 84.1 Å². The van der Waals surface area contributed by atoms with Crippen LogP contribution in [-0.4, -0.2) is 93.2 Å². The highest BCUT2D eigenvalue weighted by Crippen LogP contribution is 2.20. The largest absolute Gasteiger partial charge is 0.369 e. The smallest absolute Gasteiger partial charge is 0.231 e. The van der Waals surface area contributed by atoms with Crippen LogP contribution in [0.3, 0.4) is 0 Å². The summed E-state index contributed by atoms with van der Waals surface area (Å²) in [6.07, 6.45) is 2.95. The summed E-state index contributed by atoms with van der Waals surface area (Å²) < 4.78 is 14.0. The van der Waals surface area contributed by atoms with Crippen LogP contribution in [0.2, 0.25) is 0 Å². The number of carbonyl (C=O) groups excluding carboxylic acids is 1. The van der Waals surface area contributed by atoms with Gasteiger partial charge >= 0.3 is 0 Å². The van der Waals surface area contributed by atoms with E-state index in [1.165, 1.54) is 6.07 Å². The number of likely N-dealkylation sites (tertiary alicyclic amines) is 1. The molecule has 0 unspecified atom stereocenters. The van der Waals surface area contributed by atoms with Crippen molar-refractivity contribution in [1.29, 1.82) is 0 Å². The molecule has 2 saturated heterocycles. The van der Waals surface area contributed by atoms with E-state index in [1.54, 1.807) is 6.07 Å². The van der Waals surface area contributed by atoms with Crippen LogP contribution in [0, 0.1) is 5.82 Å². The number of nitrogens with one attached hydrogen (secondary N) is 2. The van der Waals surface area contributed by atoms with Crippen molar-refractivity contribution in [2.45, 2.75) is 32.2 Å². The first kappa shape index (κ1) is 27.6. The molecule has 0 atom stereocenters. The van der Waals surface area contributed by atoms with Gasteiger partial charge in [0.25, 0.3) is 0 Å². The first-order valence-corrected chi connectivity index (χ1v) is 11.8. The number of guanidine groups is 1. The van der Waals surface area contributed by atoms with Gasteiger partial charge in [0.05, 0.1) is 12.2 Å². The van der Waals surface area contributed by atoms with Gasteiger partial charge in [0, 0.05) is 64.9 Å². The number of aliphatic imine (C=N–C) groups is 1. The van der Waals surface area contributed by atoms with E-state index in [9.17, 15) is 9.18 Å². The molecule has 0 aliphatic carbocycles. The fraction of sp³-hybridized carbons (Fsp3) is 0.652. The van der Waals surface area contributed by atoms with E-state index < -0.39 is 0 Å². The van der Waals surface area contributed by atoms with Crippen LogP contribution in [0.5, 0.6) is 0 Å². The van der Waals surface area contributed by atoms with Crippen molar-refractivity contribution >= 4 is 41.5 Å². The first-order valence-electron chi connectivity index (χ1n) is 11.8. The Kier molecular flexibility index (Phi) is 12.2. The number of halogens is 2. The number of para-hydroxylation sites is 1. The molecule has 1 amide bonds. The Morgan fingerprint density at radius 2 is 1.82 bits per heavy atom. The summed E-state index contributed by atoms with van der Waals surface area (Å²) in [5.74, 6) is 0.461. The zero-order valence-electron chi connectivity index (χ0n) is 19.6. The second-order valence-corrected chi connectivity index (χ2v) is 8.56. The normalized spacial score (nSPS) is 18.6. The summed E-state index contributed by atoms with van der Waals surface area (Å²) in [7, 11) is 0. The molecule has 33 heavy (non-hydrogen) atoms. The number of primary amides is 1. The summed E-state index contributed by atoms with van der Waals surface area (Å²) in [5.41, 5.74) is 6.00. The SMILES string of the molecule is CCNC(=NCCCN1CCN(c2ccccc2F)CC1)NC1CCN(CC(N)=O)CC1.I. The highest BCUT2D eigenvalue weighted by atomic mass is 127. The number of carbonyl (C=O) groups is 1. The van der Waals surface area contributed by atoms with Crippen molar-refractivity contribution in [2.24, 2.45) is 10.7 Å². The fourth-order valence-corrected chi connectivity index (χ4v) is 4.37. The van der Waals surface area contributed by atoms with Crippen LogP contribution in [0.1, 0.15) is 26.2 Å².